The first kappa shape index (κ1) is 19.0. The fourth-order valence-electron chi connectivity index (χ4n) is 4.03. The lowest BCUT2D eigenvalue weighted by molar-refractivity contribution is 0.0931. The molecular weight excluding hydrogens is 326 g/mol. The molecule has 0 spiro atoms. The van der Waals surface area contributed by atoms with Crippen molar-refractivity contribution in [3.05, 3.63) is 41.7 Å². The summed E-state index contributed by atoms with van der Waals surface area (Å²) in [6, 6.07) is 11.1. The molecule has 3 rings (SSSR count). The van der Waals surface area contributed by atoms with Crippen LogP contribution in [0.1, 0.15) is 44.1 Å². The van der Waals surface area contributed by atoms with Crippen molar-refractivity contribution in [3.8, 4) is 0 Å². The quantitative estimate of drug-likeness (QED) is 0.727. The number of hydrogen-bond donors (Lipinski definition) is 0. The van der Waals surface area contributed by atoms with E-state index in [9.17, 15) is 0 Å². The highest BCUT2D eigenvalue weighted by molar-refractivity contribution is 5.15. The Hall–Kier alpha value is -1.79. The van der Waals surface area contributed by atoms with E-state index in [1.807, 2.05) is 4.68 Å². The smallest absolute Gasteiger partial charge is 0.168 e. The molecule has 0 unspecified atom stereocenters. The number of benzene rings is 1. The summed E-state index contributed by atoms with van der Waals surface area (Å²) in [6.45, 7) is 8.07. The van der Waals surface area contributed by atoms with E-state index < -0.39 is 0 Å². The molecule has 2 aromatic rings. The van der Waals surface area contributed by atoms with E-state index in [4.69, 9.17) is 4.74 Å². The highest BCUT2D eigenvalue weighted by atomic mass is 16.5. The van der Waals surface area contributed by atoms with Crippen molar-refractivity contribution in [2.45, 2.75) is 45.7 Å². The lowest BCUT2D eigenvalue weighted by Gasteiger charge is -2.38. The summed E-state index contributed by atoms with van der Waals surface area (Å²) >= 11 is 0. The molecule has 1 aromatic heterocycles. The fraction of sp³-hybridized carbons (Fsp3) is 0.650. The molecule has 1 aliphatic rings. The topological polar surface area (TPSA) is 56.1 Å². The van der Waals surface area contributed by atoms with Crippen LogP contribution in [0.25, 0.3) is 0 Å². The number of methoxy groups -OCH3 is 1. The Morgan fingerprint density at radius 3 is 2.54 bits per heavy atom. The number of piperidine rings is 1. The number of nitrogens with zero attached hydrogens (tertiary/aromatic N) is 5. The van der Waals surface area contributed by atoms with Crippen LogP contribution in [0.3, 0.4) is 0 Å². The molecule has 1 fully saturated rings. The summed E-state index contributed by atoms with van der Waals surface area (Å²) in [5.41, 5.74) is 1.45. The Balaban J connectivity index is 1.63. The monoisotopic (exact) mass is 357 g/mol. The standard InChI is InChI=1S/C20H31N5O/c1-16(2)19(20-21-22-23-25(20)13-14-26-3)24-11-9-18(10-12-24)15-17-7-5-4-6-8-17/h4-8,16,18-19H,9-15H2,1-3H3/t19-/m1/s1. The molecule has 0 amide bonds. The first-order chi connectivity index (χ1) is 12.7. The van der Waals surface area contributed by atoms with Gasteiger partial charge in [-0.2, -0.15) is 0 Å². The minimum atomic E-state index is 0.263. The van der Waals surface area contributed by atoms with Crippen LogP contribution in [0, 0.1) is 11.8 Å². The fourth-order valence-corrected chi connectivity index (χ4v) is 4.03. The molecule has 0 bridgehead atoms. The van der Waals surface area contributed by atoms with Gasteiger partial charge >= 0.3 is 0 Å². The molecule has 142 valence electrons. The predicted molar refractivity (Wildman–Crippen MR) is 102 cm³/mol. The van der Waals surface area contributed by atoms with Crippen LogP contribution >= 0.6 is 0 Å². The third kappa shape index (κ3) is 4.68. The van der Waals surface area contributed by atoms with Gasteiger partial charge in [-0.3, -0.25) is 4.90 Å². The van der Waals surface area contributed by atoms with E-state index in [-0.39, 0.29) is 6.04 Å². The predicted octanol–water partition coefficient (Wildman–Crippen LogP) is 2.97. The summed E-state index contributed by atoms with van der Waals surface area (Å²) in [6.07, 6.45) is 3.65. The third-order valence-corrected chi connectivity index (χ3v) is 5.37. The number of hydrogen-bond acceptors (Lipinski definition) is 5. The van der Waals surface area contributed by atoms with E-state index in [1.54, 1.807) is 7.11 Å². The highest BCUT2D eigenvalue weighted by Gasteiger charge is 2.31. The van der Waals surface area contributed by atoms with Crippen LogP contribution in [0.15, 0.2) is 30.3 Å². The average Bonchev–Trinajstić information content (AvgIpc) is 3.10. The molecule has 0 saturated carbocycles. The maximum absolute atomic E-state index is 5.20. The molecular formula is C20H31N5O. The van der Waals surface area contributed by atoms with E-state index in [0.717, 1.165) is 24.8 Å². The summed E-state index contributed by atoms with van der Waals surface area (Å²) in [4.78, 5) is 2.57. The third-order valence-electron chi connectivity index (χ3n) is 5.37. The molecule has 6 heteroatoms. The van der Waals surface area contributed by atoms with Crippen LogP contribution in [0.5, 0.6) is 0 Å². The first-order valence-electron chi connectivity index (χ1n) is 9.72. The van der Waals surface area contributed by atoms with Crippen molar-refractivity contribution in [1.29, 1.82) is 0 Å². The Labute approximate surface area is 156 Å². The summed E-state index contributed by atoms with van der Waals surface area (Å²) in [7, 11) is 1.71. The number of tetrazole rings is 1. The van der Waals surface area contributed by atoms with Gasteiger partial charge < -0.3 is 4.74 Å². The number of rotatable bonds is 8. The van der Waals surface area contributed by atoms with E-state index in [2.05, 4.69) is 64.6 Å². The van der Waals surface area contributed by atoms with Crippen molar-refractivity contribution in [1.82, 2.24) is 25.1 Å². The second-order valence-corrected chi connectivity index (χ2v) is 7.61. The molecule has 0 radical (unpaired) electrons. The van der Waals surface area contributed by atoms with Gasteiger partial charge in [-0.25, -0.2) is 4.68 Å². The van der Waals surface area contributed by atoms with Gasteiger partial charge in [-0.15, -0.1) is 5.10 Å². The second-order valence-electron chi connectivity index (χ2n) is 7.61. The van der Waals surface area contributed by atoms with Crippen molar-refractivity contribution >= 4 is 0 Å². The minimum absolute atomic E-state index is 0.263. The Morgan fingerprint density at radius 1 is 1.15 bits per heavy atom. The molecule has 1 aromatic carbocycles. The van der Waals surface area contributed by atoms with Gasteiger partial charge in [0.2, 0.25) is 0 Å². The molecule has 1 atom stereocenters. The van der Waals surface area contributed by atoms with Crippen molar-refractivity contribution < 1.29 is 4.74 Å². The maximum atomic E-state index is 5.20. The van der Waals surface area contributed by atoms with Crippen molar-refractivity contribution in [3.63, 3.8) is 0 Å². The van der Waals surface area contributed by atoms with E-state index in [1.165, 1.54) is 24.8 Å². The molecule has 0 aliphatic carbocycles. The minimum Gasteiger partial charge on any atom is -0.383 e. The van der Waals surface area contributed by atoms with E-state index in [0.29, 0.717) is 19.1 Å². The van der Waals surface area contributed by atoms with Gasteiger partial charge in [-0.1, -0.05) is 44.2 Å². The van der Waals surface area contributed by atoms with Gasteiger partial charge in [0.1, 0.15) is 0 Å². The van der Waals surface area contributed by atoms with Crippen molar-refractivity contribution in [2.75, 3.05) is 26.8 Å². The zero-order valence-electron chi connectivity index (χ0n) is 16.2. The van der Waals surface area contributed by atoms with Gasteiger partial charge in [0.15, 0.2) is 5.82 Å². The number of ether oxygens (including phenoxy) is 1. The number of aromatic nitrogens is 4. The van der Waals surface area contributed by atoms with Crippen LogP contribution < -0.4 is 0 Å². The Kier molecular flexibility index (Phi) is 6.74. The zero-order chi connectivity index (χ0) is 18.4. The summed E-state index contributed by atoms with van der Waals surface area (Å²) in [5, 5.41) is 12.5. The lowest BCUT2D eigenvalue weighted by Crippen LogP contribution is -2.40. The highest BCUT2D eigenvalue weighted by Crippen LogP contribution is 2.32. The summed E-state index contributed by atoms with van der Waals surface area (Å²) in [5.74, 6) is 2.21. The Morgan fingerprint density at radius 2 is 1.88 bits per heavy atom. The van der Waals surface area contributed by atoms with Crippen LogP contribution in [-0.2, 0) is 17.7 Å². The Bertz CT molecular complexity index is 649. The molecule has 2 heterocycles. The van der Waals surface area contributed by atoms with Crippen molar-refractivity contribution in [2.24, 2.45) is 11.8 Å². The lowest BCUT2D eigenvalue weighted by atomic mass is 9.88. The number of likely N-dealkylation sites (tertiary alicyclic amines) is 1. The van der Waals surface area contributed by atoms with Crippen LogP contribution in [-0.4, -0.2) is 51.9 Å². The van der Waals surface area contributed by atoms with Crippen LogP contribution in [0.2, 0.25) is 0 Å². The van der Waals surface area contributed by atoms with Gasteiger partial charge in [0.25, 0.3) is 0 Å². The molecule has 26 heavy (non-hydrogen) atoms. The molecule has 1 aliphatic heterocycles. The van der Waals surface area contributed by atoms with Gasteiger partial charge in [0, 0.05) is 7.11 Å². The van der Waals surface area contributed by atoms with Crippen LogP contribution in [0.4, 0.5) is 0 Å². The largest absolute Gasteiger partial charge is 0.383 e. The SMILES string of the molecule is COCCn1nnnc1[C@@H](C(C)C)N1CCC(Cc2ccccc2)CC1. The average molecular weight is 358 g/mol. The van der Waals surface area contributed by atoms with Gasteiger partial charge in [0.05, 0.1) is 19.2 Å². The van der Waals surface area contributed by atoms with Gasteiger partial charge in [-0.05, 0) is 60.2 Å². The van der Waals surface area contributed by atoms with E-state index >= 15 is 0 Å². The normalized spacial score (nSPS) is 17.7. The second kappa shape index (κ2) is 9.24. The molecule has 0 N–H and O–H groups in total. The molecule has 1 saturated heterocycles. The molecule has 6 nitrogen and oxygen atoms in total. The maximum Gasteiger partial charge on any atom is 0.168 e. The summed E-state index contributed by atoms with van der Waals surface area (Å²) < 4.78 is 7.10. The zero-order valence-corrected chi connectivity index (χ0v) is 16.2. The first-order valence-corrected chi connectivity index (χ1v) is 9.72.